The van der Waals surface area contributed by atoms with E-state index in [0.29, 0.717) is 28.5 Å². The number of aryl methyl sites for hydroxylation is 1. The molecule has 1 atom stereocenters. The second-order valence-corrected chi connectivity index (χ2v) is 10.0. The normalized spacial score (nSPS) is 11.7. The van der Waals surface area contributed by atoms with Crippen LogP contribution in [-0.2, 0) is 22.6 Å². The van der Waals surface area contributed by atoms with E-state index < -0.39 is 17.9 Å². The summed E-state index contributed by atoms with van der Waals surface area (Å²) in [6.45, 7) is 2.10. The van der Waals surface area contributed by atoms with E-state index in [0.717, 1.165) is 27.6 Å². The first-order valence-corrected chi connectivity index (χ1v) is 13.3. The molecule has 0 bridgehead atoms. The zero-order chi connectivity index (χ0) is 28.9. The van der Waals surface area contributed by atoms with Crippen LogP contribution in [0.5, 0.6) is 5.75 Å². The highest BCUT2D eigenvalue weighted by Crippen LogP contribution is 2.31. The van der Waals surface area contributed by atoms with Crippen molar-refractivity contribution >= 4 is 34.4 Å². The molecule has 0 spiro atoms. The molecule has 1 amide bonds. The molecule has 1 aromatic heterocycles. The van der Waals surface area contributed by atoms with Crippen LogP contribution in [0.2, 0.25) is 5.02 Å². The van der Waals surface area contributed by atoms with E-state index in [9.17, 15) is 14.0 Å². The van der Waals surface area contributed by atoms with Crippen molar-refractivity contribution in [3.05, 3.63) is 124 Å². The van der Waals surface area contributed by atoms with Crippen LogP contribution in [0.15, 0.2) is 95.4 Å². The lowest BCUT2D eigenvalue weighted by Crippen LogP contribution is -2.43. The fraction of sp³-hybridized carbons (Fsp3) is 0.152. The molecule has 208 valence electrons. The first kappa shape index (κ1) is 27.9. The Balaban J connectivity index is 1.28. The number of esters is 1. The van der Waals surface area contributed by atoms with Gasteiger partial charge in [-0.15, -0.1) is 0 Å². The van der Waals surface area contributed by atoms with Crippen LogP contribution in [0.3, 0.4) is 0 Å². The number of furan rings is 1. The fourth-order valence-electron chi connectivity index (χ4n) is 4.53. The molecule has 5 rings (SSSR count). The molecule has 0 saturated carbocycles. The molecule has 0 saturated heterocycles. The lowest BCUT2D eigenvalue weighted by molar-refractivity contribution is -0.142. The molecular formula is C33H27ClFNO5. The van der Waals surface area contributed by atoms with Gasteiger partial charge >= 0.3 is 5.97 Å². The minimum atomic E-state index is -0.935. The van der Waals surface area contributed by atoms with Gasteiger partial charge in [-0.3, -0.25) is 4.79 Å². The van der Waals surface area contributed by atoms with Gasteiger partial charge in [-0.25, -0.2) is 9.18 Å². The number of carbonyl (C=O) groups excluding carboxylic acids is 2. The lowest BCUT2D eigenvalue weighted by Gasteiger charge is -2.16. The molecule has 0 aliphatic carbocycles. The van der Waals surface area contributed by atoms with Crippen LogP contribution in [-0.4, -0.2) is 25.0 Å². The maximum atomic E-state index is 13.3. The lowest BCUT2D eigenvalue weighted by atomic mass is 10.0. The smallest absolute Gasteiger partial charge is 0.328 e. The Hall–Kier alpha value is -4.62. The quantitative estimate of drug-likeness (QED) is 0.188. The van der Waals surface area contributed by atoms with E-state index in [1.54, 1.807) is 31.2 Å². The molecule has 6 nitrogen and oxygen atoms in total. The number of methoxy groups -OCH3 is 1. The molecule has 0 unspecified atom stereocenters. The highest BCUT2D eigenvalue weighted by atomic mass is 35.5. The highest BCUT2D eigenvalue weighted by molar-refractivity contribution is 6.30. The monoisotopic (exact) mass is 571 g/mol. The summed E-state index contributed by atoms with van der Waals surface area (Å²) >= 11 is 6.01. The second-order valence-electron chi connectivity index (χ2n) is 9.59. The molecule has 5 aromatic rings. The number of hydrogen-bond donors (Lipinski definition) is 1. The third-order valence-electron chi connectivity index (χ3n) is 6.79. The number of carbonyl (C=O) groups is 2. The molecule has 1 N–H and O–H groups in total. The summed E-state index contributed by atoms with van der Waals surface area (Å²) in [7, 11) is 1.28. The van der Waals surface area contributed by atoms with Gasteiger partial charge < -0.3 is 19.2 Å². The van der Waals surface area contributed by atoms with E-state index in [-0.39, 0.29) is 18.0 Å². The number of halogens is 2. The minimum Gasteiger partial charge on any atom is -0.489 e. The molecular weight excluding hydrogens is 545 g/mol. The summed E-state index contributed by atoms with van der Waals surface area (Å²) in [6, 6.07) is 25.5. The molecule has 0 aliphatic heterocycles. The maximum absolute atomic E-state index is 13.3. The highest BCUT2D eigenvalue weighted by Gasteiger charge is 2.26. The van der Waals surface area contributed by atoms with Crippen molar-refractivity contribution < 1.29 is 27.9 Å². The average Bonchev–Trinajstić information content (AvgIpc) is 3.32. The summed E-state index contributed by atoms with van der Waals surface area (Å²) in [5, 5.41) is 4.22. The van der Waals surface area contributed by atoms with Gasteiger partial charge in [0, 0.05) is 22.4 Å². The van der Waals surface area contributed by atoms with Crippen LogP contribution in [0.1, 0.15) is 27.2 Å². The number of benzene rings is 4. The van der Waals surface area contributed by atoms with E-state index >= 15 is 0 Å². The molecule has 4 aromatic carbocycles. The molecule has 1 heterocycles. The standard InChI is InChI=1S/C33H27ClFNO5/c1-20-28-16-9-24(23-7-10-25(34)11-8-23)18-30(28)41-31(20)32(37)36-29(33(38)39-2)17-21-5-14-27(15-6-21)40-19-22-3-12-26(35)13-4-22/h3-16,18,29H,17,19H2,1-2H3,(H,36,37)/t29-/m0/s1. The van der Waals surface area contributed by atoms with E-state index in [1.807, 2.05) is 54.6 Å². The van der Waals surface area contributed by atoms with Gasteiger partial charge in [-0.1, -0.05) is 60.1 Å². The predicted molar refractivity (Wildman–Crippen MR) is 156 cm³/mol. The minimum absolute atomic E-state index is 0.131. The Bertz CT molecular complexity index is 1680. The summed E-state index contributed by atoms with van der Waals surface area (Å²) in [6.07, 6.45) is 0.205. The maximum Gasteiger partial charge on any atom is 0.328 e. The molecule has 0 aliphatic rings. The molecule has 0 fully saturated rings. The van der Waals surface area contributed by atoms with Crippen molar-refractivity contribution in [2.24, 2.45) is 0 Å². The van der Waals surface area contributed by atoms with Gasteiger partial charge in [-0.2, -0.15) is 0 Å². The molecule has 8 heteroatoms. The van der Waals surface area contributed by atoms with Crippen LogP contribution >= 0.6 is 11.6 Å². The topological polar surface area (TPSA) is 77.8 Å². The van der Waals surface area contributed by atoms with Gasteiger partial charge in [0.1, 0.15) is 29.8 Å². The Morgan fingerprint density at radius 2 is 1.56 bits per heavy atom. The molecule has 0 radical (unpaired) electrons. The molecule has 41 heavy (non-hydrogen) atoms. The van der Waals surface area contributed by atoms with Crippen molar-refractivity contribution in [2.45, 2.75) is 26.0 Å². The Kier molecular flexibility index (Phi) is 8.36. The largest absolute Gasteiger partial charge is 0.489 e. The van der Waals surface area contributed by atoms with Crippen LogP contribution in [0, 0.1) is 12.7 Å². The third-order valence-corrected chi connectivity index (χ3v) is 7.05. The van der Waals surface area contributed by atoms with Crippen molar-refractivity contribution in [3.8, 4) is 16.9 Å². The van der Waals surface area contributed by atoms with E-state index in [1.165, 1.54) is 19.2 Å². The van der Waals surface area contributed by atoms with Crippen molar-refractivity contribution in [1.82, 2.24) is 5.32 Å². The summed E-state index contributed by atoms with van der Waals surface area (Å²) < 4.78 is 29.8. The predicted octanol–water partition coefficient (Wildman–Crippen LogP) is 7.29. The van der Waals surface area contributed by atoms with Gasteiger partial charge in [0.05, 0.1) is 7.11 Å². The fourth-order valence-corrected chi connectivity index (χ4v) is 4.65. The number of amides is 1. The van der Waals surface area contributed by atoms with Crippen LogP contribution in [0.4, 0.5) is 4.39 Å². The number of nitrogens with one attached hydrogen (secondary N) is 1. The third kappa shape index (κ3) is 6.58. The average molecular weight is 572 g/mol. The number of rotatable bonds is 9. The summed E-state index contributed by atoms with van der Waals surface area (Å²) in [4.78, 5) is 25.9. The number of hydrogen-bond acceptors (Lipinski definition) is 5. The van der Waals surface area contributed by atoms with E-state index in [2.05, 4.69) is 5.32 Å². The van der Waals surface area contributed by atoms with Gasteiger partial charge in [0.25, 0.3) is 5.91 Å². The Morgan fingerprint density at radius 1 is 0.902 bits per heavy atom. The Labute approximate surface area is 241 Å². The van der Waals surface area contributed by atoms with Gasteiger partial charge in [-0.05, 0) is 71.6 Å². The van der Waals surface area contributed by atoms with Gasteiger partial charge in [0.2, 0.25) is 0 Å². The summed E-state index contributed by atoms with van der Waals surface area (Å²) in [5.41, 5.74) is 4.76. The Morgan fingerprint density at radius 3 is 2.24 bits per heavy atom. The second kappa shape index (κ2) is 12.3. The van der Waals surface area contributed by atoms with Crippen molar-refractivity contribution in [3.63, 3.8) is 0 Å². The SMILES string of the molecule is COC(=O)[C@H](Cc1ccc(OCc2ccc(F)cc2)cc1)NC(=O)c1oc2cc(-c3ccc(Cl)cc3)ccc2c1C. The first-order valence-electron chi connectivity index (χ1n) is 12.9. The zero-order valence-corrected chi connectivity index (χ0v) is 23.2. The zero-order valence-electron chi connectivity index (χ0n) is 22.4. The van der Waals surface area contributed by atoms with Gasteiger partial charge in [0.15, 0.2) is 5.76 Å². The van der Waals surface area contributed by atoms with E-state index in [4.69, 9.17) is 25.5 Å². The van der Waals surface area contributed by atoms with Crippen LogP contribution in [0.25, 0.3) is 22.1 Å². The number of ether oxygens (including phenoxy) is 2. The summed E-state index contributed by atoms with van der Waals surface area (Å²) in [5.74, 6) is -0.640. The number of fused-ring (bicyclic) bond motifs is 1. The first-order chi connectivity index (χ1) is 19.8. The van der Waals surface area contributed by atoms with Crippen molar-refractivity contribution in [1.29, 1.82) is 0 Å². The van der Waals surface area contributed by atoms with Crippen LogP contribution < -0.4 is 10.1 Å². The van der Waals surface area contributed by atoms with Crippen molar-refractivity contribution in [2.75, 3.05) is 7.11 Å².